The van der Waals surface area contributed by atoms with Crippen molar-refractivity contribution >= 4 is 40.1 Å². The van der Waals surface area contributed by atoms with E-state index in [2.05, 4.69) is 4.98 Å². The van der Waals surface area contributed by atoms with Gasteiger partial charge >= 0.3 is 5.97 Å². The Bertz CT molecular complexity index is 873. The van der Waals surface area contributed by atoms with Gasteiger partial charge in [-0.25, -0.2) is 4.98 Å². The van der Waals surface area contributed by atoms with Crippen molar-refractivity contribution in [1.82, 2.24) is 4.98 Å². The van der Waals surface area contributed by atoms with Crippen LogP contribution < -0.4 is 0 Å². The summed E-state index contributed by atoms with van der Waals surface area (Å²) < 4.78 is 0. The predicted octanol–water partition coefficient (Wildman–Crippen LogP) is 5.23. The van der Waals surface area contributed by atoms with Crippen molar-refractivity contribution < 1.29 is 9.90 Å². The van der Waals surface area contributed by atoms with Gasteiger partial charge in [-0.2, -0.15) is 0 Å². The van der Waals surface area contributed by atoms with Gasteiger partial charge in [-0.3, -0.25) is 4.79 Å². The summed E-state index contributed by atoms with van der Waals surface area (Å²) in [6.07, 6.45) is 0.621. The Morgan fingerprint density at radius 1 is 1.04 bits per heavy atom. The van der Waals surface area contributed by atoms with Gasteiger partial charge in [-0.05, 0) is 42.3 Å². The van der Waals surface area contributed by atoms with Crippen LogP contribution in [0.15, 0.2) is 48.5 Å². The Labute approximate surface area is 143 Å². The third-order valence-corrected chi connectivity index (χ3v) is 4.23. The first-order valence-corrected chi connectivity index (χ1v) is 7.86. The number of aromatic nitrogens is 1. The number of aliphatic carboxylic acids is 1. The quantitative estimate of drug-likeness (QED) is 0.704. The third-order valence-electron chi connectivity index (χ3n) is 3.60. The minimum absolute atomic E-state index is 0.117. The van der Waals surface area contributed by atoms with E-state index in [4.69, 9.17) is 28.3 Å². The van der Waals surface area contributed by atoms with Crippen LogP contribution in [-0.4, -0.2) is 16.1 Å². The van der Waals surface area contributed by atoms with Gasteiger partial charge in [0, 0.05) is 17.4 Å². The van der Waals surface area contributed by atoms with Gasteiger partial charge in [-0.15, -0.1) is 0 Å². The monoisotopic (exact) mass is 345 g/mol. The molecule has 0 radical (unpaired) electrons. The number of carboxylic acids is 1. The maximum Gasteiger partial charge on any atom is 0.303 e. The summed E-state index contributed by atoms with van der Waals surface area (Å²) in [4.78, 5) is 15.3. The largest absolute Gasteiger partial charge is 0.481 e. The minimum Gasteiger partial charge on any atom is -0.481 e. The number of hydrogen-bond donors (Lipinski definition) is 1. The molecule has 0 saturated heterocycles. The Kier molecular flexibility index (Phi) is 4.51. The molecular formula is C18H13Cl2NO2. The number of halogens is 2. The number of pyridine rings is 1. The number of rotatable bonds is 4. The zero-order chi connectivity index (χ0) is 16.4. The normalized spacial score (nSPS) is 10.9. The number of carboxylic acid groups (broad SMARTS) is 1. The van der Waals surface area contributed by atoms with Gasteiger partial charge in [0.1, 0.15) is 0 Å². The topological polar surface area (TPSA) is 50.2 Å². The van der Waals surface area contributed by atoms with Crippen molar-refractivity contribution in [3.8, 4) is 11.3 Å². The SMILES string of the molecule is O=C(O)CCc1ccc2nc(-c3c(Cl)cccc3Cl)ccc2c1. The lowest BCUT2D eigenvalue weighted by molar-refractivity contribution is -0.136. The van der Waals surface area contributed by atoms with E-state index in [0.29, 0.717) is 27.7 Å². The van der Waals surface area contributed by atoms with Gasteiger partial charge in [0.2, 0.25) is 0 Å². The first kappa shape index (κ1) is 15.8. The molecular weight excluding hydrogens is 333 g/mol. The fraction of sp³-hybridized carbons (Fsp3) is 0.111. The summed E-state index contributed by atoms with van der Waals surface area (Å²) in [5, 5.41) is 10.8. The van der Waals surface area contributed by atoms with E-state index in [9.17, 15) is 4.79 Å². The molecule has 3 nitrogen and oxygen atoms in total. The third kappa shape index (κ3) is 3.46. The standard InChI is InChI=1S/C18H13Cl2NO2/c19-13-2-1-3-14(20)18(13)16-8-6-12-10-11(5-9-17(22)23)4-7-15(12)21-16/h1-4,6-8,10H,5,9H2,(H,22,23). The molecule has 0 unspecified atom stereocenters. The van der Waals surface area contributed by atoms with Crippen molar-refractivity contribution in [3.63, 3.8) is 0 Å². The molecule has 116 valence electrons. The molecule has 3 rings (SSSR count). The molecule has 0 fully saturated rings. The Hall–Kier alpha value is -2.10. The molecule has 1 N–H and O–H groups in total. The maximum absolute atomic E-state index is 10.7. The highest BCUT2D eigenvalue weighted by molar-refractivity contribution is 6.39. The molecule has 3 aromatic rings. The zero-order valence-electron chi connectivity index (χ0n) is 12.1. The molecule has 23 heavy (non-hydrogen) atoms. The van der Waals surface area contributed by atoms with Gasteiger partial charge in [0.15, 0.2) is 0 Å². The predicted molar refractivity (Wildman–Crippen MR) is 93.2 cm³/mol. The number of aryl methyl sites for hydroxylation is 1. The Balaban J connectivity index is 2.00. The molecule has 0 saturated carbocycles. The maximum atomic E-state index is 10.7. The average Bonchev–Trinajstić information content (AvgIpc) is 2.52. The highest BCUT2D eigenvalue weighted by Crippen LogP contribution is 2.34. The number of hydrogen-bond acceptors (Lipinski definition) is 2. The molecule has 0 atom stereocenters. The van der Waals surface area contributed by atoms with Crippen molar-refractivity contribution in [2.24, 2.45) is 0 Å². The van der Waals surface area contributed by atoms with Gasteiger partial charge < -0.3 is 5.11 Å². The van der Waals surface area contributed by atoms with Crippen LogP contribution in [0.5, 0.6) is 0 Å². The number of nitrogens with zero attached hydrogens (tertiary/aromatic N) is 1. The van der Waals surface area contributed by atoms with E-state index in [0.717, 1.165) is 16.5 Å². The van der Waals surface area contributed by atoms with E-state index in [1.807, 2.05) is 30.3 Å². The smallest absolute Gasteiger partial charge is 0.303 e. The summed E-state index contributed by atoms with van der Waals surface area (Å²) in [5.74, 6) is -0.799. The van der Waals surface area contributed by atoms with E-state index in [1.165, 1.54) is 0 Å². The number of benzene rings is 2. The summed E-state index contributed by atoms with van der Waals surface area (Å²) in [6.45, 7) is 0. The van der Waals surface area contributed by atoms with Crippen LogP contribution in [-0.2, 0) is 11.2 Å². The fourth-order valence-corrected chi connectivity index (χ4v) is 3.05. The summed E-state index contributed by atoms with van der Waals surface area (Å²) in [6, 6.07) is 14.9. The molecule has 0 aliphatic heterocycles. The van der Waals surface area contributed by atoms with Crippen molar-refractivity contribution in [2.75, 3.05) is 0 Å². The molecule has 2 aromatic carbocycles. The second-order valence-electron chi connectivity index (χ2n) is 5.21. The molecule has 0 spiro atoms. The Morgan fingerprint density at radius 3 is 2.48 bits per heavy atom. The lowest BCUT2D eigenvalue weighted by Gasteiger charge is -2.08. The second kappa shape index (κ2) is 6.57. The van der Waals surface area contributed by atoms with Crippen molar-refractivity contribution in [2.45, 2.75) is 12.8 Å². The zero-order valence-corrected chi connectivity index (χ0v) is 13.6. The van der Waals surface area contributed by atoms with E-state index in [-0.39, 0.29) is 6.42 Å². The molecule has 0 amide bonds. The van der Waals surface area contributed by atoms with Gasteiger partial charge in [0.25, 0.3) is 0 Å². The highest BCUT2D eigenvalue weighted by atomic mass is 35.5. The van der Waals surface area contributed by atoms with Crippen LogP contribution >= 0.6 is 23.2 Å². The molecule has 0 aliphatic carbocycles. The fourth-order valence-electron chi connectivity index (χ4n) is 2.46. The second-order valence-corrected chi connectivity index (χ2v) is 6.03. The van der Waals surface area contributed by atoms with E-state index in [1.54, 1.807) is 18.2 Å². The lowest BCUT2D eigenvalue weighted by Crippen LogP contribution is -1.97. The number of fused-ring (bicyclic) bond motifs is 1. The molecule has 1 aromatic heterocycles. The Morgan fingerprint density at radius 2 is 1.78 bits per heavy atom. The first-order valence-electron chi connectivity index (χ1n) is 7.10. The molecule has 5 heteroatoms. The van der Waals surface area contributed by atoms with Crippen LogP contribution in [0.25, 0.3) is 22.2 Å². The molecule has 1 heterocycles. The highest BCUT2D eigenvalue weighted by Gasteiger charge is 2.10. The minimum atomic E-state index is -0.799. The van der Waals surface area contributed by atoms with Gasteiger partial charge in [-0.1, -0.05) is 41.4 Å². The van der Waals surface area contributed by atoms with E-state index >= 15 is 0 Å². The van der Waals surface area contributed by atoms with E-state index < -0.39 is 5.97 Å². The molecule has 0 bridgehead atoms. The lowest BCUT2D eigenvalue weighted by atomic mass is 10.0. The van der Waals surface area contributed by atoms with Crippen LogP contribution in [0.2, 0.25) is 10.0 Å². The summed E-state index contributed by atoms with van der Waals surface area (Å²) in [7, 11) is 0. The van der Waals surface area contributed by atoms with Crippen LogP contribution in [0, 0.1) is 0 Å². The summed E-state index contributed by atoms with van der Waals surface area (Å²) >= 11 is 12.5. The van der Waals surface area contributed by atoms with Crippen LogP contribution in [0.4, 0.5) is 0 Å². The molecule has 0 aliphatic rings. The van der Waals surface area contributed by atoms with Crippen molar-refractivity contribution in [1.29, 1.82) is 0 Å². The summed E-state index contributed by atoms with van der Waals surface area (Å²) in [5.41, 5.74) is 3.22. The van der Waals surface area contributed by atoms with Crippen molar-refractivity contribution in [3.05, 3.63) is 64.1 Å². The number of carbonyl (C=O) groups is 1. The average molecular weight is 346 g/mol. The first-order chi connectivity index (χ1) is 11.0. The van der Waals surface area contributed by atoms with Crippen LogP contribution in [0.3, 0.4) is 0 Å². The van der Waals surface area contributed by atoms with Gasteiger partial charge in [0.05, 0.1) is 21.3 Å². The van der Waals surface area contributed by atoms with Crippen LogP contribution in [0.1, 0.15) is 12.0 Å².